The topological polar surface area (TPSA) is 108 Å². The van der Waals surface area contributed by atoms with E-state index in [1.807, 2.05) is 23.8 Å². The van der Waals surface area contributed by atoms with Crippen LogP contribution in [0.3, 0.4) is 0 Å². The molecule has 0 amide bonds. The highest BCUT2D eigenvalue weighted by Gasteiger charge is 2.46. The summed E-state index contributed by atoms with van der Waals surface area (Å²) in [5.74, 6) is 0.978. The maximum atomic E-state index is 9.09. The first-order valence-corrected chi connectivity index (χ1v) is 10.0. The van der Waals surface area contributed by atoms with Crippen LogP contribution in [0.2, 0.25) is 0 Å². The number of nitrogens with two attached hydrogens (primary N) is 1. The van der Waals surface area contributed by atoms with Crippen molar-refractivity contribution in [3.8, 4) is 0 Å². The monoisotopic (exact) mass is 397 g/mol. The highest BCUT2D eigenvalue weighted by Crippen LogP contribution is 2.28. The molecule has 28 heavy (non-hydrogen) atoms. The van der Waals surface area contributed by atoms with Crippen LogP contribution in [0.15, 0.2) is 41.1 Å². The van der Waals surface area contributed by atoms with Crippen LogP contribution in [-0.2, 0) is 13.1 Å². The van der Waals surface area contributed by atoms with Gasteiger partial charge in [0.15, 0.2) is 11.4 Å². The summed E-state index contributed by atoms with van der Waals surface area (Å²) in [6.07, 6.45) is 6.72. The van der Waals surface area contributed by atoms with Gasteiger partial charge < -0.3 is 5.11 Å². The lowest BCUT2D eigenvalue weighted by molar-refractivity contribution is -0.758. The quantitative estimate of drug-likeness (QED) is 0.534. The van der Waals surface area contributed by atoms with Gasteiger partial charge >= 0.3 is 0 Å². The number of thiazole rings is 1. The zero-order valence-corrected chi connectivity index (χ0v) is 16.2. The van der Waals surface area contributed by atoms with Gasteiger partial charge in [-0.2, -0.15) is 5.10 Å². The Labute approximate surface area is 165 Å². The molecule has 0 aliphatic carbocycles. The van der Waals surface area contributed by atoms with E-state index in [9.17, 15) is 0 Å². The van der Waals surface area contributed by atoms with Crippen LogP contribution < -0.4 is 11.0 Å². The fraction of sp³-hybridized carbons (Fsp3) is 0.333. The second-order valence-electron chi connectivity index (χ2n) is 7.20. The Morgan fingerprint density at radius 3 is 3.21 bits per heavy atom. The molecule has 1 unspecified atom stereocenters. The molecule has 2 aliphatic heterocycles. The standard InChI is InChI=1S/C18H20N8OS/c1-18-5-4-14(12-8-20-25(9-12)6-7-27)22-17(18)26(24-23-18)10-13-2-3-15-16(21-13)28-11-19-15/h2-4,8-9,11,23-24,27H,5-7,10H2,1H3/p+1. The Balaban J connectivity index is 1.42. The van der Waals surface area contributed by atoms with Crippen molar-refractivity contribution in [2.24, 2.45) is 4.99 Å². The van der Waals surface area contributed by atoms with Crippen molar-refractivity contribution in [2.75, 3.05) is 6.61 Å². The summed E-state index contributed by atoms with van der Waals surface area (Å²) in [6, 6.07) is 4.02. The number of rotatable bonds is 5. The van der Waals surface area contributed by atoms with Crippen molar-refractivity contribution < 1.29 is 10.5 Å². The third-order valence-electron chi connectivity index (χ3n) is 5.08. The number of hydrogen-bond acceptors (Lipinski definition) is 8. The molecule has 3 aromatic heterocycles. The van der Waals surface area contributed by atoms with Gasteiger partial charge in [-0.25, -0.2) is 25.4 Å². The van der Waals surface area contributed by atoms with Crippen LogP contribution in [0.25, 0.3) is 16.0 Å². The maximum absolute atomic E-state index is 9.09. The molecule has 4 N–H and O–H groups in total. The van der Waals surface area contributed by atoms with E-state index in [4.69, 9.17) is 15.1 Å². The molecule has 0 spiro atoms. The Kier molecular flexibility index (Phi) is 4.20. The Bertz CT molecular complexity index is 1090. The van der Waals surface area contributed by atoms with Gasteiger partial charge in [0.1, 0.15) is 4.83 Å². The lowest BCUT2D eigenvalue weighted by Gasteiger charge is -2.24. The molecule has 0 bridgehead atoms. The minimum Gasteiger partial charge on any atom is -0.394 e. The molecule has 0 radical (unpaired) electrons. The molecule has 9 nitrogen and oxygen atoms in total. The van der Waals surface area contributed by atoms with Crippen molar-refractivity contribution in [3.05, 3.63) is 47.4 Å². The van der Waals surface area contributed by atoms with E-state index in [1.54, 1.807) is 22.2 Å². The smallest absolute Gasteiger partial charge is 0.187 e. The van der Waals surface area contributed by atoms with Crippen molar-refractivity contribution >= 4 is 33.2 Å². The highest BCUT2D eigenvalue weighted by atomic mass is 32.1. The van der Waals surface area contributed by atoms with Crippen molar-refractivity contribution in [2.45, 2.75) is 32.0 Å². The summed E-state index contributed by atoms with van der Waals surface area (Å²) >= 11 is 1.55. The number of aliphatic hydroxyl groups is 1. The second-order valence-corrected chi connectivity index (χ2v) is 8.03. The van der Waals surface area contributed by atoms with Crippen LogP contribution in [-0.4, -0.2) is 47.8 Å². The number of fused-ring (bicyclic) bond motifs is 2. The molecule has 0 aromatic carbocycles. The van der Waals surface area contributed by atoms with Crippen molar-refractivity contribution in [3.63, 3.8) is 0 Å². The van der Waals surface area contributed by atoms with E-state index >= 15 is 0 Å². The van der Waals surface area contributed by atoms with E-state index in [-0.39, 0.29) is 12.1 Å². The van der Waals surface area contributed by atoms with E-state index in [2.05, 4.69) is 39.1 Å². The van der Waals surface area contributed by atoms with Gasteiger partial charge in [-0.15, -0.1) is 11.3 Å². The summed E-state index contributed by atoms with van der Waals surface area (Å²) in [4.78, 5) is 14.9. The SMILES string of the molecule is CC12CC=C(c3cnn(CCO)c3)N=C1N(Cc1ccc3ncsc3n1)N[NH2+]2. The number of quaternary nitrogens is 1. The average molecular weight is 397 g/mol. The van der Waals surface area contributed by atoms with Gasteiger partial charge in [-0.1, -0.05) is 11.6 Å². The van der Waals surface area contributed by atoms with Crippen molar-refractivity contribution in [1.82, 2.24) is 30.3 Å². The van der Waals surface area contributed by atoms with Crippen LogP contribution in [0.5, 0.6) is 0 Å². The summed E-state index contributed by atoms with van der Waals surface area (Å²) in [6.45, 7) is 3.35. The first-order chi connectivity index (χ1) is 13.6. The lowest BCUT2D eigenvalue weighted by Crippen LogP contribution is -3.00. The van der Waals surface area contributed by atoms with Crippen LogP contribution >= 0.6 is 11.3 Å². The van der Waals surface area contributed by atoms with Gasteiger partial charge in [0, 0.05) is 25.1 Å². The number of amidine groups is 1. The van der Waals surface area contributed by atoms with Gasteiger partial charge in [-0.3, -0.25) is 4.68 Å². The molecule has 0 saturated carbocycles. The lowest BCUT2D eigenvalue weighted by atomic mass is 9.93. The van der Waals surface area contributed by atoms with E-state index in [0.29, 0.717) is 13.1 Å². The van der Waals surface area contributed by atoms with E-state index in [1.165, 1.54) is 0 Å². The fourth-order valence-electron chi connectivity index (χ4n) is 3.52. The summed E-state index contributed by atoms with van der Waals surface area (Å²) in [5.41, 5.74) is 10.9. The number of aromatic nitrogens is 4. The molecule has 1 atom stereocenters. The number of aliphatic hydroxyl groups excluding tert-OH is 1. The van der Waals surface area contributed by atoms with Gasteiger partial charge in [0.25, 0.3) is 0 Å². The number of pyridine rings is 1. The zero-order valence-electron chi connectivity index (χ0n) is 15.4. The van der Waals surface area contributed by atoms with Crippen molar-refractivity contribution in [1.29, 1.82) is 0 Å². The molecular formula is C18H21N8OS+. The minimum atomic E-state index is -0.154. The predicted octanol–water partition coefficient (Wildman–Crippen LogP) is 0.281. The molecule has 2 aliphatic rings. The first-order valence-electron chi connectivity index (χ1n) is 9.15. The van der Waals surface area contributed by atoms with Crippen LogP contribution in [0.4, 0.5) is 0 Å². The molecule has 5 heterocycles. The molecule has 1 saturated heterocycles. The van der Waals surface area contributed by atoms with Gasteiger partial charge in [0.05, 0.1) is 48.3 Å². The normalized spacial score (nSPS) is 21.7. The summed E-state index contributed by atoms with van der Waals surface area (Å²) < 4.78 is 1.73. The minimum absolute atomic E-state index is 0.0660. The number of nitrogens with one attached hydrogen (secondary N) is 1. The second kappa shape index (κ2) is 6.74. The molecule has 5 rings (SSSR count). The number of aliphatic imine (C=N–C) groups is 1. The average Bonchev–Trinajstić information content (AvgIpc) is 3.41. The first kappa shape index (κ1) is 17.4. The molecular weight excluding hydrogens is 376 g/mol. The summed E-state index contributed by atoms with van der Waals surface area (Å²) in [5, 5.41) is 15.4. The third-order valence-corrected chi connectivity index (χ3v) is 5.82. The van der Waals surface area contributed by atoms with Gasteiger partial charge in [0.2, 0.25) is 0 Å². The largest absolute Gasteiger partial charge is 0.394 e. The number of hydrogen-bond donors (Lipinski definition) is 3. The Hall–Kier alpha value is -2.66. The number of hydrazine groups is 1. The fourth-order valence-corrected chi connectivity index (χ4v) is 4.20. The predicted molar refractivity (Wildman–Crippen MR) is 106 cm³/mol. The molecule has 3 aromatic rings. The number of nitrogens with zero attached hydrogens (tertiary/aromatic N) is 6. The molecule has 144 valence electrons. The van der Waals surface area contributed by atoms with Crippen LogP contribution in [0.1, 0.15) is 24.6 Å². The molecule has 1 fully saturated rings. The highest BCUT2D eigenvalue weighted by molar-refractivity contribution is 7.16. The van der Waals surface area contributed by atoms with Crippen LogP contribution in [0, 0.1) is 0 Å². The third kappa shape index (κ3) is 3.00. The molecule has 10 heteroatoms. The maximum Gasteiger partial charge on any atom is 0.187 e. The van der Waals surface area contributed by atoms with E-state index < -0.39 is 0 Å². The summed E-state index contributed by atoms with van der Waals surface area (Å²) in [7, 11) is 0. The van der Waals surface area contributed by atoms with E-state index in [0.717, 1.165) is 39.6 Å². The van der Waals surface area contributed by atoms with Gasteiger partial charge in [-0.05, 0) is 12.1 Å². The zero-order chi connectivity index (χ0) is 19.1. The Morgan fingerprint density at radius 1 is 1.39 bits per heavy atom. The Morgan fingerprint density at radius 2 is 2.32 bits per heavy atom.